The second kappa shape index (κ2) is 5.96. The fraction of sp³-hybridized carbons (Fsp3) is 0.818. The summed E-state index contributed by atoms with van der Waals surface area (Å²) in [5, 5.41) is 3.84. The molecular weight excluding hydrogens is 206 g/mol. The van der Waals surface area contributed by atoms with Crippen molar-refractivity contribution in [2.45, 2.75) is 52.2 Å². The lowest BCUT2D eigenvalue weighted by Gasteiger charge is -2.16. The van der Waals surface area contributed by atoms with Crippen molar-refractivity contribution in [2.75, 3.05) is 6.61 Å². The van der Waals surface area contributed by atoms with Gasteiger partial charge in [-0.3, -0.25) is 0 Å². The minimum Gasteiger partial charge on any atom is -0.373 e. The van der Waals surface area contributed by atoms with Crippen molar-refractivity contribution in [1.82, 2.24) is 10.1 Å². The average Bonchev–Trinajstić information content (AvgIpc) is 2.62. The Morgan fingerprint density at radius 3 is 2.81 bits per heavy atom. The molecule has 1 rings (SSSR count). The first kappa shape index (κ1) is 13.1. The van der Waals surface area contributed by atoms with E-state index in [1.165, 1.54) is 0 Å². The summed E-state index contributed by atoms with van der Waals surface area (Å²) < 4.78 is 10.4. The van der Waals surface area contributed by atoms with Gasteiger partial charge < -0.3 is 15.0 Å². The van der Waals surface area contributed by atoms with Crippen LogP contribution >= 0.6 is 0 Å². The normalized spacial score (nSPS) is 12.0. The molecule has 0 spiro atoms. The van der Waals surface area contributed by atoms with Gasteiger partial charge in [0.1, 0.15) is 6.61 Å². The zero-order chi connectivity index (χ0) is 12.0. The van der Waals surface area contributed by atoms with Gasteiger partial charge in [-0.05, 0) is 26.7 Å². The summed E-state index contributed by atoms with van der Waals surface area (Å²) in [7, 11) is 0. The Labute approximate surface area is 96.4 Å². The smallest absolute Gasteiger partial charge is 0.226 e. The van der Waals surface area contributed by atoms with Gasteiger partial charge in [0.05, 0.1) is 0 Å². The summed E-state index contributed by atoms with van der Waals surface area (Å²) in [6, 6.07) is 0. The van der Waals surface area contributed by atoms with Gasteiger partial charge in [0, 0.05) is 18.6 Å². The van der Waals surface area contributed by atoms with Crippen molar-refractivity contribution in [3.63, 3.8) is 0 Å². The van der Waals surface area contributed by atoms with E-state index in [9.17, 15) is 0 Å². The van der Waals surface area contributed by atoms with E-state index < -0.39 is 0 Å². The maximum absolute atomic E-state index is 5.87. The van der Waals surface area contributed by atoms with E-state index in [1.54, 1.807) is 0 Å². The highest BCUT2D eigenvalue weighted by Gasteiger charge is 2.13. The molecule has 0 aliphatic heterocycles. The van der Waals surface area contributed by atoms with Crippen molar-refractivity contribution >= 4 is 0 Å². The van der Waals surface area contributed by atoms with Gasteiger partial charge in [-0.25, -0.2) is 0 Å². The second-order valence-electron chi connectivity index (χ2n) is 4.65. The molecule has 1 aromatic rings. The average molecular weight is 227 g/mol. The van der Waals surface area contributed by atoms with Gasteiger partial charge in [-0.1, -0.05) is 12.1 Å². The summed E-state index contributed by atoms with van der Waals surface area (Å²) in [4.78, 5) is 4.23. The van der Waals surface area contributed by atoms with Crippen LogP contribution in [0.25, 0.3) is 0 Å². The van der Waals surface area contributed by atoms with E-state index in [1.807, 2.05) is 13.8 Å². The van der Waals surface area contributed by atoms with Crippen molar-refractivity contribution < 1.29 is 9.26 Å². The molecule has 0 saturated carbocycles. The van der Waals surface area contributed by atoms with E-state index >= 15 is 0 Å². The summed E-state index contributed by atoms with van der Waals surface area (Å²) in [6.07, 6.45) is 2.53. The molecule has 0 aromatic carbocycles. The standard InChI is InChI=1S/C11H21N3O2/c1-4-7-15-8-9-13-10(16-14-9)5-6-11(2,3)12/h4-8,12H2,1-3H3. The van der Waals surface area contributed by atoms with Crippen LogP contribution in [0.15, 0.2) is 4.52 Å². The van der Waals surface area contributed by atoms with Crippen molar-refractivity contribution in [3.05, 3.63) is 11.7 Å². The molecule has 0 aliphatic carbocycles. The van der Waals surface area contributed by atoms with Gasteiger partial charge in [0.25, 0.3) is 0 Å². The van der Waals surface area contributed by atoms with Crippen LogP contribution in [-0.2, 0) is 17.8 Å². The number of nitrogens with zero attached hydrogens (tertiary/aromatic N) is 2. The van der Waals surface area contributed by atoms with Gasteiger partial charge in [-0.15, -0.1) is 0 Å². The van der Waals surface area contributed by atoms with E-state index in [0.717, 1.165) is 19.4 Å². The zero-order valence-electron chi connectivity index (χ0n) is 10.3. The van der Waals surface area contributed by atoms with E-state index in [-0.39, 0.29) is 5.54 Å². The molecule has 5 heteroatoms. The fourth-order valence-electron chi connectivity index (χ4n) is 1.19. The predicted octanol–water partition coefficient (Wildman–Crippen LogP) is 1.67. The molecule has 0 radical (unpaired) electrons. The molecule has 1 aromatic heterocycles. The van der Waals surface area contributed by atoms with Crippen LogP contribution < -0.4 is 5.73 Å². The molecule has 0 unspecified atom stereocenters. The molecule has 5 nitrogen and oxygen atoms in total. The lowest BCUT2D eigenvalue weighted by molar-refractivity contribution is 0.114. The molecule has 0 fully saturated rings. The Kier molecular flexibility index (Phi) is 4.89. The van der Waals surface area contributed by atoms with Crippen LogP contribution in [0.1, 0.15) is 45.3 Å². The topological polar surface area (TPSA) is 74.2 Å². The maximum Gasteiger partial charge on any atom is 0.226 e. The highest BCUT2D eigenvalue weighted by atomic mass is 16.5. The number of hydrogen-bond acceptors (Lipinski definition) is 5. The minimum absolute atomic E-state index is 0.201. The number of ether oxygens (including phenoxy) is 1. The first-order valence-electron chi connectivity index (χ1n) is 5.69. The highest BCUT2D eigenvalue weighted by molar-refractivity contribution is 4.87. The van der Waals surface area contributed by atoms with E-state index in [2.05, 4.69) is 17.1 Å². The summed E-state index contributed by atoms with van der Waals surface area (Å²) in [5.74, 6) is 1.24. The number of hydrogen-bond donors (Lipinski definition) is 1. The third-order valence-electron chi connectivity index (χ3n) is 2.07. The van der Waals surface area contributed by atoms with Gasteiger partial charge in [0.2, 0.25) is 5.89 Å². The SMILES string of the molecule is CCCOCc1noc(CCC(C)(C)N)n1. The molecule has 1 heterocycles. The molecule has 2 N–H and O–H groups in total. The molecule has 16 heavy (non-hydrogen) atoms. The van der Waals surface area contributed by atoms with E-state index in [4.69, 9.17) is 15.0 Å². The van der Waals surface area contributed by atoms with E-state index in [0.29, 0.717) is 24.7 Å². The second-order valence-corrected chi connectivity index (χ2v) is 4.65. The summed E-state index contributed by atoms with van der Waals surface area (Å²) >= 11 is 0. The molecular formula is C11H21N3O2. The van der Waals surface area contributed by atoms with Gasteiger partial charge in [0.15, 0.2) is 5.82 Å². The monoisotopic (exact) mass is 227 g/mol. The summed E-state index contributed by atoms with van der Waals surface area (Å²) in [5.41, 5.74) is 5.67. The third-order valence-corrected chi connectivity index (χ3v) is 2.07. The van der Waals surface area contributed by atoms with Crippen molar-refractivity contribution in [1.29, 1.82) is 0 Å². The maximum atomic E-state index is 5.87. The quantitative estimate of drug-likeness (QED) is 0.717. The highest BCUT2D eigenvalue weighted by Crippen LogP contribution is 2.09. The molecule has 0 aliphatic rings. The largest absolute Gasteiger partial charge is 0.373 e. The third kappa shape index (κ3) is 5.23. The molecule has 0 atom stereocenters. The molecule has 0 saturated heterocycles. The first-order chi connectivity index (χ1) is 7.51. The zero-order valence-corrected chi connectivity index (χ0v) is 10.3. The Hall–Kier alpha value is -0.940. The number of aromatic nitrogens is 2. The first-order valence-corrected chi connectivity index (χ1v) is 5.69. The van der Waals surface area contributed by atoms with Gasteiger partial charge >= 0.3 is 0 Å². The lowest BCUT2D eigenvalue weighted by Crippen LogP contribution is -2.32. The number of nitrogens with two attached hydrogens (primary N) is 1. The minimum atomic E-state index is -0.201. The van der Waals surface area contributed by atoms with Gasteiger partial charge in [-0.2, -0.15) is 4.98 Å². The van der Waals surface area contributed by atoms with Crippen LogP contribution in [0.5, 0.6) is 0 Å². The molecule has 0 bridgehead atoms. The Morgan fingerprint density at radius 1 is 1.44 bits per heavy atom. The van der Waals surface area contributed by atoms with Crippen LogP contribution in [0.3, 0.4) is 0 Å². The molecule has 92 valence electrons. The molecule has 0 amide bonds. The van der Waals surface area contributed by atoms with Crippen LogP contribution in [0, 0.1) is 0 Å². The van der Waals surface area contributed by atoms with Crippen molar-refractivity contribution in [2.24, 2.45) is 5.73 Å². The lowest BCUT2D eigenvalue weighted by atomic mass is 10.0. The van der Waals surface area contributed by atoms with Crippen LogP contribution in [-0.4, -0.2) is 22.3 Å². The van der Waals surface area contributed by atoms with Crippen LogP contribution in [0.2, 0.25) is 0 Å². The Morgan fingerprint density at radius 2 is 2.19 bits per heavy atom. The Balaban J connectivity index is 2.33. The summed E-state index contributed by atoms with van der Waals surface area (Å²) in [6.45, 7) is 7.16. The predicted molar refractivity (Wildman–Crippen MR) is 60.8 cm³/mol. The van der Waals surface area contributed by atoms with Crippen molar-refractivity contribution in [3.8, 4) is 0 Å². The Bertz CT molecular complexity index is 304. The fourth-order valence-corrected chi connectivity index (χ4v) is 1.19. The number of aryl methyl sites for hydroxylation is 1. The van der Waals surface area contributed by atoms with Crippen LogP contribution in [0.4, 0.5) is 0 Å². The number of rotatable bonds is 7.